The number of carbonyl (C=O) groups is 3. The van der Waals surface area contributed by atoms with Crippen molar-refractivity contribution in [2.75, 3.05) is 12.0 Å². The summed E-state index contributed by atoms with van der Waals surface area (Å²) < 4.78 is 12.2. The number of halogens is 1. The van der Waals surface area contributed by atoms with Crippen LogP contribution in [0.2, 0.25) is 0 Å². The van der Waals surface area contributed by atoms with Gasteiger partial charge in [0, 0.05) is 4.47 Å². The molecule has 0 atom stereocenters. The molecule has 1 aliphatic heterocycles. The van der Waals surface area contributed by atoms with Gasteiger partial charge in [-0.2, -0.15) is 0 Å². The largest absolute Gasteiger partial charge is 0.493 e. The van der Waals surface area contributed by atoms with E-state index in [1.54, 1.807) is 43.3 Å². The maximum Gasteiger partial charge on any atom is 0.335 e. The lowest BCUT2D eigenvalue weighted by Crippen LogP contribution is -2.54. The number of urea groups is 1. The van der Waals surface area contributed by atoms with Gasteiger partial charge in [0.05, 0.1) is 12.8 Å². The van der Waals surface area contributed by atoms with Gasteiger partial charge in [-0.25, -0.2) is 9.69 Å². The number of aryl methyl sites for hydroxylation is 2. The second kappa shape index (κ2) is 10.1. The van der Waals surface area contributed by atoms with Crippen molar-refractivity contribution in [3.05, 3.63) is 93.0 Å². The fourth-order valence-corrected chi connectivity index (χ4v) is 4.13. The number of anilines is 1. The van der Waals surface area contributed by atoms with Gasteiger partial charge in [-0.15, -0.1) is 0 Å². The Labute approximate surface area is 211 Å². The minimum Gasteiger partial charge on any atom is -0.493 e. The predicted molar refractivity (Wildman–Crippen MR) is 136 cm³/mol. The molecule has 35 heavy (non-hydrogen) atoms. The summed E-state index contributed by atoms with van der Waals surface area (Å²) in [6, 6.07) is 17.5. The van der Waals surface area contributed by atoms with Crippen LogP contribution >= 0.6 is 15.9 Å². The summed E-state index contributed by atoms with van der Waals surface area (Å²) in [4.78, 5) is 39.2. The molecule has 178 valence electrons. The van der Waals surface area contributed by atoms with Gasteiger partial charge in [0.1, 0.15) is 12.2 Å². The molecule has 0 spiro atoms. The van der Waals surface area contributed by atoms with Gasteiger partial charge in [0.15, 0.2) is 11.5 Å². The van der Waals surface area contributed by atoms with E-state index in [2.05, 4.69) is 21.2 Å². The molecule has 0 aromatic heterocycles. The van der Waals surface area contributed by atoms with E-state index in [1.807, 2.05) is 31.2 Å². The molecule has 1 N–H and O–H groups in total. The monoisotopic (exact) mass is 534 g/mol. The summed E-state index contributed by atoms with van der Waals surface area (Å²) in [5, 5.41) is 2.24. The maximum absolute atomic E-state index is 13.2. The molecule has 0 bridgehead atoms. The summed E-state index contributed by atoms with van der Waals surface area (Å²) >= 11 is 3.37. The van der Waals surface area contributed by atoms with Crippen LogP contribution in [0.1, 0.15) is 22.3 Å². The molecule has 0 aliphatic carbocycles. The van der Waals surface area contributed by atoms with E-state index in [9.17, 15) is 14.4 Å². The molecule has 0 radical (unpaired) electrons. The Bertz CT molecular complexity index is 1350. The van der Waals surface area contributed by atoms with Crippen molar-refractivity contribution in [3.8, 4) is 11.5 Å². The average molecular weight is 535 g/mol. The van der Waals surface area contributed by atoms with Gasteiger partial charge in [-0.1, -0.05) is 51.8 Å². The van der Waals surface area contributed by atoms with Crippen molar-refractivity contribution >= 4 is 45.5 Å². The second-order valence-electron chi connectivity index (χ2n) is 8.07. The number of carbonyl (C=O) groups excluding carboxylic acids is 3. The van der Waals surface area contributed by atoms with Crippen molar-refractivity contribution in [2.24, 2.45) is 0 Å². The highest BCUT2D eigenvalue weighted by Crippen LogP contribution is 2.31. The smallest absolute Gasteiger partial charge is 0.335 e. The first-order chi connectivity index (χ1) is 16.8. The average Bonchev–Trinajstić information content (AvgIpc) is 2.83. The summed E-state index contributed by atoms with van der Waals surface area (Å²) in [7, 11) is 1.51. The van der Waals surface area contributed by atoms with Gasteiger partial charge in [0.25, 0.3) is 11.8 Å². The van der Waals surface area contributed by atoms with Crippen LogP contribution in [0.15, 0.2) is 70.7 Å². The van der Waals surface area contributed by atoms with Gasteiger partial charge < -0.3 is 9.47 Å². The number of nitrogens with zero attached hydrogens (tertiary/aromatic N) is 1. The molecule has 0 saturated carbocycles. The molecular weight excluding hydrogens is 512 g/mol. The van der Waals surface area contributed by atoms with Crippen LogP contribution in [0.4, 0.5) is 10.5 Å². The third-order valence-electron chi connectivity index (χ3n) is 5.52. The molecule has 8 heteroatoms. The van der Waals surface area contributed by atoms with E-state index in [4.69, 9.17) is 9.47 Å². The van der Waals surface area contributed by atoms with E-state index in [0.717, 1.165) is 14.9 Å². The molecule has 0 unspecified atom stereocenters. The Morgan fingerprint density at radius 3 is 2.37 bits per heavy atom. The van der Waals surface area contributed by atoms with E-state index < -0.39 is 17.8 Å². The molecular formula is C27H23BrN2O5. The zero-order valence-corrected chi connectivity index (χ0v) is 21.0. The Morgan fingerprint density at radius 2 is 1.69 bits per heavy atom. The van der Waals surface area contributed by atoms with Crippen LogP contribution < -0.4 is 19.7 Å². The quantitative estimate of drug-likeness (QED) is 0.341. The van der Waals surface area contributed by atoms with Crippen molar-refractivity contribution in [1.82, 2.24) is 5.32 Å². The number of imide groups is 2. The highest BCUT2D eigenvalue weighted by atomic mass is 79.9. The van der Waals surface area contributed by atoms with E-state index in [-0.39, 0.29) is 5.57 Å². The van der Waals surface area contributed by atoms with Crippen LogP contribution in [0.3, 0.4) is 0 Å². The van der Waals surface area contributed by atoms with Crippen LogP contribution in [0, 0.1) is 13.8 Å². The Balaban J connectivity index is 1.60. The number of benzene rings is 3. The highest BCUT2D eigenvalue weighted by molar-refractivity contribution is 9.10. The Hall–Kier alpha value is -3.91. The summed E-state index contributed by atoms with van der Waals surface area (Å²) in [5.74, 6) is -0.490. The molecule has 1 saturated heterocycles. The first-order valence-corrected chi connectivity index (χ1v) is 11.6. The van der Waals surface area contributed by atoms with Gasteiger partial charge in [0.2, 0.25) is 0 Å². The molecule has 4 rings (SSSR count). The molecule has 1 heterocycles. The Morgan fingerprint density at radius 1 is 0.943 bits per heavy atom. The third kappa shape index (κ3) is 5.27. The number of rotatable bonds is 6. The Kier molecular flexibility index (Phi) is 7.02. The van der Waals surface area contributed by atoms with Gasteiger partial charge in [-0.3, -0.25) is 14.9 Å². The lowest BCUT2D eigenvalue weighted by atomic mass is 10.1. The van der Waals surface area contributed by atoms with Gasteiger partial charge >= 0.3 is 6.03 Å². The number of methoxy groups -OCH3 is 1. The molecule has 4 amide bonds. The summed E-state index contributed by atoms with van der Waals surface area (Å²) in [5.41, 5.74) is 3.66. The lowest BCUT2D eigenvalue weighted by molar-refractivity contribution is -0.122. The number of hydrogen-bond donors (Lipinski definition) is 1. The first kappa shape index (κ1) is 24.2. The van der Waals surface area contributed by atoms with Gasteiger partial charge in [-0.05, 0) is 66.9 Å². The molecule has 3 aromatic carbocycles. The standard InChI is InChI=1S/C27H23BrN2O5/c1-16-4-6-18(7-5-16)15-35-23-11-8-19(14-24(23)34-3)13-21-25(31)29-27(33)30(26(21)32)22-10-9-20(28)12-17(22)2/h4-14H,15H2,1-3H3,(H,29,31,33)/b21-13-. The maximum atomic E-state index is 13.2. The minimum absolute atomic E-state index is 0.165. The fourth-order valence-electron chi connectivity index (χ4n) is 3.65. The van der Waals surface area contributed by atoms with Crippen molar-refractivity contribution in [3.63, 3.8) is 0 Å². The highest BCUT2D eigenvalue weighted by Gasteiger charge is 2.37. The normalized spacial score (nSPS) is 14.8. The SMILES string of the molecule is COc1cc(/C=C2/C(=O)NC(=O)N(c3ccc(Br)cc3C)C2=O)ccc1OCc1ccc(C)cc1. The van der Waals surface area contributed by atoms with E-state index >= 15 is 0 Å². The van der Waals surface area contributed by atoms with Crippen LogP contribution in [-0.2, 0) is 16.2 Å². The number of amides is 4. The summed E-state index contributed by atoms with van der Waals surface area (Å²) in [6.07, 6.45) is 1.43. The zero-order valence-electron chi connectivity index (χ0n) is 19.4. The minimum atomic E-state index is -0.792. The van der Waals surface area contributed by atoms with E-state index in [1.165, 1.54) is 18.7 Å². The lowest BCUT2D eigenvalue weighted by Gasteiger charge is -2.27. The summed E-state index contributed by atoms with van der Waals surface area (Å²) in [6.45, 7) is 4.16. The number of hydrogen-bond acceptors (Lipinski definition) is 5. The third-order valence-corrected chi connectivity index (χ3v) is 6.01. The van der Waals surface area contributed by atoms with Crippen LogP contribution in [0.5, 0.6) is 11.5 Å². The fraction of sp³-hybridized carbons (Fsp3) is 0.148. The number of barbiturate groups is 1. The first-order valence-electron chi connectivity index (χ1n) is 10.8. The van der Waals surface area contributed by atoms with Crippen LogP contribution in [0.25, 0.3) is 6.08 Å². The molecule has 1 fully saturated rings. The number of nitrogens with one attached hydrogen (secondary N) is 1. The second-order valence-corrected chi connectivity index (χ2v) is 8.99. The van der Waals surface area contributed by atoms with Crippen molar-refractivity contribution in [1.29, 1.82) is 0 Å². The topological polar surface area (TPSA) is 84.9 Å². The van der Waals surface area contributed by atoms with Crippen molar-refractivity contribution < 1.29 is 23.9 Å². The van der Waals surface area contributed by atoms with E-state index in [0.29, 0.717) is 34.9 Å². The van der Waals surface area contributed by atoms with Crippen molar-refractivity contribution in [2.45, 2.75) is 20.5 Å². The predicted octanol–water partition coefficient (Wildman–Crippen LogP) is 5.32. The zero-order chi connectivity index (χ0) is 25.1. The number of ether oxygens (including phenoxy) is 2. The molecule has 1 aliphatic rings. The molecule has 3 aromatic rings. The molecule has 7 nitrogen and oxygen atoms in total. The van der Waals surface area contributed by atoms with Crippen LogP contribution in [-0.4, -0.2) is 25.0 Å².